The number of nitrogens with one attached hydrogen (secondary N) is 1. The number of benzene rings is 1. The zero-order chi connectivity index (χ0) is 17.5. The number of rotatable bonds is 3. The van der Waals surface area contributed by atoms with Gasteiger partial charge in [0.25, 0.3) is 0 Å². The van der Waals surface area contributed by atoms with Gasteiger partial charge in [-0.3, -0.25) is 9.79 Å². The number of aliphatic imine (C=N–C) groups is 1. The summed E-state index contributed by atoms with van der Waals surface area (Å²) in [5.74, 6) is 0.425. The topological polar surface area (TPSA) is 78.8 Å². The van der Waals surface area contributed by atoms with Crippen molar-refractivity contribution in [2.24, 2.45) is 4.99 Å². The van der Waals surface area contributed by atoms with E-state index in [-0.39, 0.29) is 35.2 Å². The number of sulfone groups is 1. The molecule has 0 saturated carbocycles. The predicted molar refractivity (Wildman–Crippen MR) is 98.4 cm³/mol. The molecule has 2 heterocycles. The molecule has 130 valence electrons. The first-order valence-electron chi connectivity index (χ1n) is 7.76. The van der Waals surface area contributed by atoms with Gasteiger partial charge in [-0.05, 0) is 31.0 Å². The molecule has 0 aromatic heterocycles. The lowest BCUT2D eigenvalue weighted by Crippen LogP contribution is -2.35. The molecule has 1 N–H and O–H groups in total. The summed E-state index contributed by atoms with van der Waals surface area (Å²) in [6.45, 7) is 3.94. The highest BCUT2D eigenvalue weighted by molar-refractivity contribution is 8.14. The minimum Gasteiger partial charge on any atom is -0.348 e. The number of amidine groups is 1. The van der Waals surface area contributed by atoms with Crippen molar-refractivity contribution in [3.63, 3.8) is 0 Å². The lowest BCUT2D eigenvalue weighted by Gasteiger charge is -2.20. The molecular weight excluding hydrogens is 346 g/mol. The molecule has 2 atom stereocenters. The molecule has 0 aliphatic carbocycles. The summed E-state index contributed by atoms with van der Waals surface area (Å²) in [4.78, 5) is 18.6. The summed E-state index contributed by atoms with van der Waals surface area (Å²) >= 11 is 1.36. The first-order chi connectivity index (χ1) is 11.2. The highest BCUT2D eigenvalue weighted by Gasteiger charge is 2.45. The van der Waals surface area contributed by atoms with Crippen LogP contribution in [0.25, 0.3) is 0 Å². The molecule has 0 spiro atoms. The number of carbonyl (C=O) groups excluding carboxylic acids is 1. The molecule has 0 bridgehead atoms. The number of fused-ring (bicyclic) bond motifs is 1. The Balaban J connectivity index is 1.58. The van der Waals surface area contributed by atoms with Gasteiger partial charge in [0.05, 0.1) is 29.3 Å². The fourth-order valence-electron chi connectivity index (χ4n) is 3.00. The number of hydrogen-bond acceptors (Lipinski definition) is 6. The van der Waals surface area contributed by atoms with E-state index >= 15 is 0 Å². The number of amides is 1. The molecule has 2 aliphatic heterocycles. The quantitative estimate of drug-likeness (QED) is 0.875. The van der Waals surface area contributed by atoms with E-state index in [1.54, 1.807) is 0 Å². The predicted octanol–water partition coefficient (Wildman–Crippen LogP) is 1.44. The van der Waals surface area contributed by atoms with Crippen LogP contribution in [0.3, 0.4) is 0 Å². The molecule has 0 radical (unpaired) electrons. The summed E-state index contributed by atoms with van der Waals surface area (Å²) in [6, 6.07) is 5.67. The van der Waals surface area contributed by atoms with Gasteiger partial charge in [0.2, 0.25) is 5.91 Å². The van der Waals surface area contributed by atoms with Crippen LogP contribution in [0, 0.1) is 13.8 Å². The van der Waals surface area contributed by atoms with Crippen molar-refractivity contribution in [2.75, 3.05) is 29.6 Å². The standard InChI is InChI=1S/C16H21N3O3S2/c1-10-4-5-11(2)12(6-10)17-15(20)7-23-16-18-13-8-24(21,22)9-14(13)19(16)3/h4-6,13-14H,7-9H2,1-3H3,(H,17,20)/t13-,14+/m1/s1. The highest BCUT2D eigenvalue weighted by atomic mass is 32.2. The number of carbonyl (C=O) groups is 1. The van der Waals surface area contributed by atoms with Crippen LogP contribution >= 0.6 is 11.8 Å². The maximum absolute atomic E-state index is 12.2. The second-order valence-electron chi connectivity index (χ2n) is 6.39. The molecule has 3 rings (SSSR count). The molecule has 0 unspecified atom stereocenters. The summed E-state index contributed by atoms with van der Waals surface area (Å²) in [5, 5.41) is 3.67. The molecule has 24 heavy (non-hydrogen) atoms. The first-order valence-corrected chi connectivity index (χ1v) is 10.6. The van der Waals surface area contributed by atoms with Gasteiger partial charge in [0.1, 0.15) is 0 Å². The average molecular weight is 367 g/mol. The summed E-state index contributed by atoms with van der Waals surface area (Å²) in [5.41, 5.74) is 2.94. The second-order valence-corrected chi connectivity index (χ2v) is 9.49. The minimum absolute atomic E-state index is 0.0837. The third-order valence-corrected chi connectivity index (χ3v) is 7.13. The zero-order valence-corrected chi connectivity index (χ0v) is 15.6. The van der Waals surface area contributed by atoms with E-state index in [9.17, 15) is 13.2 Å². The van der Waals surface area contributed by atoms with Crippen molar-refractivity contribution in [3.8, 4) is 0 Å². The van der Waals surface area contributed by atoms with E-state index < -0.39 is 9.84 Å². The number of nitrogens with zero attached hydrogens (tertiary/aromatic N) is 2. The Labute approximate surface area is 146 Å². The second kappa shape index (κ2) is 6.40. The van der Waals surface area contributed by atoms with E-state index in [2.05, 4.69) is 10.3 Å². The molecule has 6 nitrogen and oxygen atoms in total. The maximum atomic E-state index is 12.2. The number of anilines is 1. The molecule has 1 saturated heterocycles. The molecule has 1 aromatic carbocycles. The van der Waals surface area contributed by atoms with Crippen LogP contribution in [0.4, 0.5) is 5.69 Å². The average Bonchev–Trinajstić information content (AvgIpc) is 2.94. The maximum Gasteiger partial charge on any atom is 0.234 e. The molecule has 1 amide bonds. The summed E-state index contributed by atoms with van der Waals surface area (Å²) < 4.78 is 23.3. The Morgan fingerprint density at radius 2 is 2.12 bits per heavy atom. The van der Waals surface area contributed by atoms with Crippen molar-refractivity contribution in [2.45, 2.75) is 25.9 Å². The molecule has 1 fully saturated rings. The van der Waals surface area contributed by atoms with Gasteiger partial charge in [-0.25, -0.2) is 8.42 Å². The molecule has 2 aliphatic rings. The first kappa shape index (κ1) is 17.3. The van der Waals surface area contributed by atoms with Crippen LogP contribution in [0.2, 0.25) is 0 Å². The van der Waals surface area contributed by atoms with E-state index in [4.69, 9.17) is 0 Å². The number of aryl methyl sites for hydroxylation is 2. The van der Waals surface area contributed by atoms with Crippen LogP contribution in [-0.4, -0.2) is 60.8 Å². The Hall–Kier alpha value is -1.54. The van der Waals surface area contributed by atoms with Crippen LogP contribution in [-0.2, 0) is 14.6 Å². The fraction of sp³-hybridized carbons (Fsp3) is 0.500. The van der Waals surface area contributed by atoms with Gasteiger partial charge in [-0.2, -0.15) is 0 Å². The number of likely N-dealkylation sites (N-methyl/N-ethyl adjacent to an activating group) is 1. The van der Waals surface area contributed by atoms with Crippen molar-refractivity contribution >= 4 is 38.4 Å². The van der Waals surface area contributed by atoms with Crippen molar-refractivity contribution in [1.82, 2.24) is 4.90 Å². The van der Waals surface area contributed by atoms with Gasteiger partial charge < -0.3 is 10.2 Å². The van der Waals surface area contributed by atoms with Gasteiger partial charge in [-0.15, -0.1) is 0 Å². The third kappa shape index (κ3) is 3.59. The molecule has 8 heteroatoms. The largest absolute Gasteiger partial charge is 0.348 e. The fourth-order valence-corrected chi connectivity index (χ4v) is 5.81. The smallest absolute Gasteiger partial charge is 0.234 e. The number of thioether (sulfide) groups is 1. The Morgan fingerprint density at radius 3 is 2.83 bits per heavy atom. The summed E-state index contributed by atoms with van der Waals surface area (Å²) in [6.07, 6.45) is 0. The Bertz CT molecular complexity index is 805. The monoisotopic (exact) mass is 367 g/mol. The summed E-state index contributed by atoms with van der Waals surface area (Å²) in [7, 11) is -1.13. The van der Waals surface area contributed by atoms with Crippen LogP contribution in [0.1, 0.15) is 11.1 Å². The third-order valence-electron chi connectivity index (χ3n) is 4.37. The van der Waals surface area contributed by atoms with E-state index in [0.717, 1.165) is 22.0 Å². The number of hydrogen-bond donors (Lipinski definition) is 1. The van der Waals surface area contributed by atoms with E-state index in [0.29, 0.717) is 0 Å². The van der Waals surface area contributed by atoms with Gasteiger partial charge in [0.15, 0.2) is 15.0 Å². The highest BCUT2D eigenvalue weighted by Crippen LogP contribution is 2.29. The molecule has 1 aromatic rings. The van der Waals surface area contributed by atoms with Gasteiger partial charge >= 0.3 is 0 Å². The normalized spacial score (nSPS) is 24.6. The molecular formula is C16H21N3O3S2. The van der Waals surface area contributed by atoms with Crippen molar-refractivity contribution in [3.05, 3.63) is 29.3 Å². The Kier molecular flexibility index (Phi) is 4.61. The minimum atomic E-state index is -2.98. The Morgan fingerprint density at radius 1 is 1.38 bits per heavy atom. The van der Waals surface area contributed by atoms with Crippen LogP contribution in [0.5, 0.6) is 0 Å². The lowest BCUT2D eigenvalue weighted by atomic mass is 10.1. The van der Waals surface area contributed by atoms with Crippen LogP contribution < -0.4 is 5.32 Å². The van der Waals surface area contributed by atoms with Gasteiger partial charge in [-0.1, -0.05) is 23.9 Å². The van der Waals surface area contributed by atoms with E-state index in [1.165, 1.54) is 11.8 Å². The SMILES string of the molecule is Cc1ccc(C)c(NC(=O)CSC2=N[C@@H]3CS(=O)(=O)C[C@@H]3N2C)c1. The lowest BCUT2D eigenvalue weighted by molar-refractivity contribution is -0.113. The van der Waals surface area contributed by atoms with Crippen LogP contribution in [0.15, 0.2) is 23.2 Å². The van der Waals surface area contributed by atoms with Crippen molar-refractivity contribution in [1.29, 1.82) is 0 Å². The van der Waals surface area contributed by atoms with E-state index in [1.807, 2.05) is 44.0 Å². The zero-order valence-electron chi connectivity index (χ0n) is 13.9. The van der Waals surface area contributed by atoms with Crippen molar-refractivity contribution < 1.29 is 13.2 Å². The van der Waals surface area contributed by atoms with Gasteiger partial charge in [0, 0.05) is 12.7 Å².